The molecule has 0 radical (unpaired) electrons. The van der Waals surface area contributed by atoms with Crippen LogP contribution in [0.25, 0.3) is 0 Å². The van der Waals surface area contributed by atoms with Gasteiger partial charge in [0.25, 0.3) is 0 Å². The number of rotatable bonds is 5. The summed E-state index contributed by atoms with van der Waals surface area (Å²) in [5, 5.41) is 0. The second kappa shape index (κ2) is 4.59. The van der Waals surface area contributed by atoms with E-state index in [-0.39, 0.29) is 5.92 Å². The molecule has 0 rings (SSSR count). The predicted octanol–water partition coefficient (Wildman–Crippen LogP) is 1.41. The Morgan fingerprint density at radius 3 is 2.42 bits per heavy atom. The molecule has 0 aromatic rings. The molecule has 0 saturated heterocycles. The Morgan fingerprint density at radius 1 is 1.58 bits per heavy atom. The van der Waals surface area contributed by atoms with Crippen LogP contribution in [0.3, 0.4) is 0 Å². The van der Waals surface area contributed by atoms with Gasteiger partial charge in [-0.1, -0.05) is 13.0 Å². The van der Waals surface area contributed by atoms with Crippen LogP contribution in [-0.4, -0.2) is 19.1 Å². The predicted molar refractivity (Wildman–Crippen MR) is 46.1 cm³/mol. The zero-order valence-corrected chi connectivity index (χ0v) is 8.04. The van der Waals surface area contributed by atoms with E-state index in [0.717, 1.165) is 0 Å². The van der Waals surface area contributed by atoms with Gasteiger partial charge in [-0.25, -0.2) is 4.18 Å². The molecule has 5 heteroatoms. The summed E-state index contributed by atoms with van der Waals surface area (Å²) in [4.78, 5) is 0. The average Bonchev–Trinajstić information content (AvgIpc) is 1.84. The van der Waals surface area contributed by atoms with Gasteiger partial charge in [-0.05, 0) is 19.3 Å². The van der Waals surface area contributed by atoms with Crippen LogP contribution in [0, 0.1) is 5.92 Å². The molecule has 0 unspecified atom stereocenters. The van der Waals surface area contributed by atoms with Gasteiger partial charge in [-0.3, -0.25) is 4.55 Å². The Hall–Kier alpha value is -0.390. The van der Waals surface area contributed by atoms with Gasteiger partial charge in [0.1, 0.15) is 0 Å². The highest BCUT2D eigenvalue weighted by Gasteiger charge is 2.17. The maximum atomic E-state index is 10.3. The summed E-state index contributed by atoms with van der Waals surface area (Å²) in [5.74, 6) is 0.0180. The largest absolute Gasteiger partial charge is 0.397 e. The molecule has 0 aliphatic carbocycles. The van der Waals surface area contributed by atoms with Crippen LogP contribution in [0.4, 0.5) is 0 Å². The Kier molecular flexibility index (Phi) is 4.44. The molecular formula is C7H14O4S. The Labute approximate surface area is 73.2 Å². The summed E-state index contributed by atoms with van der Waals surface area (Å²) in [6.07, 6.45) is 1.79. The topological polar surface area (TPSA) is 63.6 Å². The van der Waals surface area contributed by atoms with Crippen molar-refractivity contribution in [1.82, 2.24) is 0 Å². The van der Waals surface area contributed by atoms with E-state index in [1.807, 2.05) is 6.92 Å². The first-order valence-electron chi connectivity index (χ1n) is 3.63. The molecule has 1 N–H and O–H groups in total. The SMILES string of the molecule is C=CC[C@H](C)[C@@H](C)OS(=O)(=O)O. The minimum Gasteiger partial charge on any atom is -0.264 e. The Bertz CT molecular complexity index is 232. The maximum absolute atomic E-state index is 10.3. The standard InChI is InChI=1S/C7H14O4S/c1-4-5-6(2)7(3)11-12(8,9)10/h4,6-7H,1,5H2,2-3H3,(H,8,9,10)/t6-,7+/m0/s1. The summed E-state index contributed by atoms with van der Waals surface area (Å²) in [5.41, 5.74) is 0. The number of hydrogen-bond donors (Lipinski definition) is 1. The van der Waals surface area contributed by atoms with Crippen molar-refractivity contribution in [2.45, 2.75) is 26.4 Å². The van der Waals surface area contributed by atoms with Crippen LogP contribution in [0.1, 0.15) is 20.3 Å². The first-order valence-corrected chi connectivity index (χ1v) is 5.00. The minimum atomic E-state index is -4.32. The van der Waals surface area contributed by atoms with Crippen molar-refractivity contribution in [3.05, 3.63) is 12.7 Å². The zero-order chi connectivity index (χ0) is 9.78. The second-order valence-corrected chi connectivity index (χ2v) is 3.78. The summed E-state index contributed by atoms with van der Waals surface area (Å²) in [6, 6.07) is 0. The van der Waals surface area contributed by atoms with Crippen LogP contribution in [0.2, 0.25) is 0 Å². The molecule has 0 aliphatic heterocycles. The molecule has 0 heterocycles. The summed E-state index contributed by atoms with van der Waals surface area (Å²) in [6.45, 7) is 6.91. The van der Waals surface area contributed by atoms with Crippen molar-refractivity contribution >= 4 is 10.4 Å². The lowest BCUT2D eigenvalue weighted by molar-refractivity contribution is 0.148. The van der Waals surface area contributed by atoms with E-state index in [0.29, 0.717) is 6.42 Å². The fourth-order valence-corrected chi connectivity index (χ4v) is 1.31. The average molecular weight is 194 g/mol. The second-order valence-electron chi connectivity index (χ2n) is 2.73. The van der Waals surface area contributed by atoms with E-state index < -0.39 is 16.5 Å². The maximum Gasteiger partial charge on any atom is 0.397 e. The highest BCUT2D eigenvalue weighted by molar-refractivity contribution is 7.80. The van der Waals surface area contributed by atoms with E-state index in [1.54, 1.807) is 13.0 Å². The van der Waals surface area contributed by atoms with E-state index in [9.17, 15) is 8.42 Å². The summed E-state index contributed by atoms with van der Waals surface area (Å²) >= 11 is 0. The quantitative estimate of drug-likeness (QED) is 0.531. The molecule has 0 bridgehead atoms. The molecule has 0 amide bonds. The molecule has 0 aromatic heterocycles. The summed E-state index contributed by atoms with van der Waals surface area (Å²) in [7, 11) is -4.32. The first kappa shape index (κ1) is 11.6. The lowest BCUT2D eigenvalue weighted by Gasteiger charge is -2.16. The van der Waals surface area contributed by atoms with Gasteiger partial charge < -0.3 is 0 Å². The van der Waals surface area contributed by atoms with Crippen LogP contribution in [0.15, 0.2) is 12.7 Å². The van der Waals surface area contributed by atoms with E-state index in [1.165, 1.54) is 0 Å². The monoisotopic (exact) mass is 194 g/mol. The van der Waals surface area contributed by atoms with Crippen LogP contribution in [0.5, 0.6) is 0 Å². The van der Waals surface area contributed by atoms with Crippen LogP contribution in [-0.2, 0) is 14.6 Å². The molecule has 2 atom stereocenters. The third-order valence-corrected chi connectivity index (χ3v) is 2.16. The van der Waals surface area contributed by atoms with Gasteiger partial charge in [0, 0.05) is 0 Å². The van der Waals surface area contributed by atoms with Gasteiger partial charge in [-0.15, -0.1) is 6.58 Å². The molecule has 72 valence electrons. The summed E-state index contributed by atoms with van der Waals surface area (Å²) < 4.78 is 33.2. The van der Waals surface area contributed by atoms with Gasteiger partial charge in [0.2, 0.25) is 0 Å². The molecule has 4 nitrogen and oxygen atoms in total. The van der Waals surface area contributed by atoms with Gasteiger partial charge in [0.15, 0.2) is 0 Å². The smallest absolute Gasteiger partial charge is 0.264 e. The fraction of sp³-hybridized carbons (Fsp3) is 0.714. The Balaban J connectivity index is 4.03. The normalized spacial score (nSPS) is 16.9. The highest BCUT2D eigenvalue weighted by Crippen LogP contribution is 2.13. The van der Waals surface area contributed by atoms with Crippen molar-refractivity contribution < 1.29 is 17.2 Å². The van der Waals surface area contributed by atoms with Crippen molar-refractivity contribution in [2.75, 3.05) is 0 Å². The van der Waals surface area contributed by atoms with E-state index in [4.69, 9.17) is 4.55 Å². The first-order chi connectivity index (χ1) is 5.37. The number of allylic oxidation sites excluding steroid dienone is 1. The lowest BCUT2D eigenvalue weighted by atomic mass is 10.0. The van der Waals surface area contributed by atoms with Crippen LogP contribution >= 0.6 is 0 Å². The van der Waals surface area contributed by atoms with Gasteiger partial charge >= 0.3 is 10.4 Å². The van der Waals surface area contributed by atoms with E-state index >= 15 is 0 Å². The molecule has 0 saturated carbocycles. The number of hydrogen-bond acceptors (Lipinski definition) is 3. The lowest BCUT2D eigenvalue weighted by Crippen LogP contribution is -2.21. The molecule has 0 aliphatic rings. The van der Waals surface area contributed by atoms with Gasteiger partial charge in [0.05, 0.1) is 6.10 Å². The van der Waals surface area contributed by atoms with Crippen molar-refractivity contribution in [2.24, 2.45) is 5.92 Å². The highest BCUT2D eigenvalue weighted by atomic mass is 32.3. The zero-order valence-electron chi connectivity index (χ0n) is 7.23. The Morgan fingerprint density at radius 2 is 2.08 bits per heavy atom. The molecule has 0 aromatic carbocycles. The van der Waals surface area contributed by atoms with Crippen molar-refractivity contribution in [3.63, 3.8) is 0 Å². The van der Waals surface area contributed by atoms with Gasteiger partial charge in [-0.2, -0.15) is 8.42 Å². The van der Waals surface area contributed by atoms with Crippen molar-refractivity contribution in [3.8, 4) is 0 Å². The van der Waals surface area contributed by atoms with E-state index in [2.05, 4.69) is 10.8 Å². The molecule has 12 heavy (non-hydrogen) atoms. The fourth-order valence-electron chi connectivity index (χ4n) is 0.741. The third kappa shape index (κ3) is 5.29. The minimum absolute atomic E-state index is 0.0180. The molecule has 0 spiro atoms. The van der Waals surface area contributed by atoms with Crippen LogP contribution < -0.4 is 0 Å². The molecular weight excluding hydrogens is 180 g/mol. The molecule has 0 fully saturated rings. The third-order valence-electron chi connectivity index (χ3n) is 1.61. The van der Waals surface area contributed by atoms with Crippen molar-refractivity contribution in [1.29, 1.82) is 0 Å².